The Hall–Kier alpha value is -2.63. The number of carbonyl (C=O) groups is 1. The van der Waals surface area contributed by atoms with Crippen LogP contribution in [0, 0.1) is 0 Å². The Morgan fingerprint density at radius 3 is 2.90 bits per heavy atom. The lowest BCUT2D eigenvalue weighted by molar-refractivity contribution is 0.0301. The summed E-state index contributed by atoms with van der Waals surface area (Å²) in [6.07, 6.45) is 0.971. The van der Waals surface area contributed by atoms with Gasteiger partial charge in [-0.25, -0.2) is 4.79 Å². The minimum Gasteiger partial charge on any atom is -0.463 e. The van der Waals surface area contributed by atoms with E-state index < -0.39 is 12.1 Å². The van der Waals surface area contributed by atoms with Crippen molar-refractivity contribution >= 4 is 17.1 Å². The van der Waals surface area contributed by atoms with Gasteiger partial charge in [0.05, 0.1) is 11.8 Å². The Bertz CT molecular complexity index is 692. The van der Waals surface area contributed by atoms with Crippen LogP contribution in [-0.4, -0.2) is 17.1 Å². The number of allylic oxidation sites excluding steroid dienone is 1. The molecule has 1 N–H and O–H groups in total. The van der Waals surface area contributed by atoms with Crippen LogP contribution in [0.5, 0.6) is 0 Å². The van der Waals surface area contributed by atoms with E-state index in [0.29, 0.717) is 22.8 Å². The number of ether oxygens (including phenoxy) is 3. The van der Waals surface area contributed by atoms with Gasteiger partial charge in [0.2, 0.25) is 0 Å². The number of fused-ring (bicyclic) bond motifs is 1. The summed E-state index contributed by atoms with van der Waals surface area (Å²) in [6.45, 7) is 6.97. The molecule has 1 aliphatic rings. The summed E-state index contributed by atoms with van der Waals surface area (Å²) in [6, 6.07) is 3.33. The van der Waals surface area contributed by atoms with Gasteiger partial charge in [-0.15, -0.1) is 0 Å². The third-order valence-electron chi connectivity index (χ3n) is 2.95. The molecule has 0 aromatic carbocycles. The maximum Gasteiger partial charge on any atom is 0.355 e. The molecule has 1 unspecified atom stereocenters. The fourth-order valence-electron chi connectivity index (χ4n) is 2.04. The standard InChI is InChI=1S/C14H13NO5/c1-7-13(20-9(3)18-7)8(2)19-14(16)11-6-12-10(15-11)4-5-17-12/h4-6,8,15H,3H2,1-2H3. The number of nitrogens with one attached hydrogen (secondary N) is 1. The molecule has 0 radical (unpaired) electrons. The lowest BCUT2D eigenvalue weighted by atomic mass is 10.3. The van der Waals surface area contributed by atoms with Gasteiger partial charge in [0.1, 0.15) is 11.5 Å². The number of furan rings is 1. The van der Waals surface area contributed by atoms with E-state index in [4.69, 9.17) is 18.6 Å². The van der Waals surface area contributed by atoms with Gasteiger partial charge in [0.15, 0.2) is 17.4 Å². The summed E-state index contributed by atoms with van der Waals surface area (Å²) in [5.41, 5.74) is 1.67. The first-order valence-corrected chi connectivity index (χ1v) is 6.07. The highest BCUT2D eigenvalue weighted by Gasteiger charge is 2.27. The molecule has 0 spiro atoms. The van der Waals surface area contributed by atoms with Gasteiger partial charge in [0.25, 0.3) is 5.95 Å². The molecule has 0 fully saturated rings. The molecule has 1 aliphatic heterocycles. The first-order chi connectivity index (χ1) is 9.54. The number of aromatic amines is 1. The average molecular weight is 275 g/mol. The van der Waals surface area contributed by atoms with Crippen molar-refractivity contribution in [2.24, 2.45) is 0 Å². The van der Waals surface area contributed by atoms with Gasteiger partial charge >= 0.3 is 5.97 Å². The Kier molecular flexibility index (Phi) is 2.78. The predicted molar refractivity (Wildman–Crippen MR) is 69.5 cm³/mol. The van der Waals surface area contributed by atoms with Crippen LogP contribution in [0.3, 0.4) is 0 Å². The Morgan fingerprint density at radius 1 is 1.45 bits per heavy atom. The Labute approximate surface area is 114 Å². The van der Waals surface area contributed by atoms with Crippen molar-refractivity contribution in [2.75, 3.05) is 0 Å². The molecule has 0 saturated heterocycles. The van der Waals surface area contributed by atoms with Crippen molar-refractivity contribution in [1.82, 2.24) is 4.98 Å². The van der Waals surface area contributed by atoms with Crippen LogP contribution in [0.4, 0.5) is 0 Å². The van der Waals surface area contributed by atoms with Crippen molar-refractivity contribution in [1.29, 1.82) is 0 Å². The van der Waals surface area contributed by atoms with Gasteiger partial charge in [0, 0.05) is 12.1 Å². The molecule has 2 aromatic rings. The van der Waals surface area contributed by atoms with Crippen LogP contribution in [0.2, 0.25) is 0 Å². The molecule has 20 heavy (non-hydrogen) atoms. The summed E-state index contributed by atoms with van der Waals surface area (Å²) < 4.78 is 20.9. The molecule has 0 amide bonds. The Balaban J connectivity index is 1.74. The summed E-state index contributed by atoms with van der Waals surface area (Å²) in [5, 5.41) is 0. The van der Waals surface area contributed by atoms with E-state index in [2.05, 4.69) is 11.6 Å². The minimum absolute atomic E-state index is 0.179. The van der Waals surface area contributed by atoms with E-state index in [1.807, 2.05) is 0 Å². The van der Waals surface area contributed by atoms with Crippen molar-refractivity contribution in [2.45, 2.75) is 20.0 Å². The minimum atomic E-state index is -0.573. The summed E-state index contributed by atoms with van der Waals surface area (Å²) >= 11 is 0. The fourth-order valence-corrected chi connectivity index (χ4v) is 2.04. The fraction of sp³-hybridized carbons (Fsp3) is 0.214. The zero-order chi connectivity index (χ0) is 14.3. The second-order valence-corrected chi connectivity index (χ2v) is 4.43. The van der Waals surface area contributed by atoms with Crippen LogP contribution >= 0.6 is 0 Å². The number of H-pyrrole nitrogens is 1. The number of hydrogen-bond donors (Lipinski definition) is 1. The largest absolute Gasteiger partial charge is 0.463 e. The number of rotatable bonds is 3. The van der Waals surface area contributed by atoms with Gasteiger partial charge < -0.3 is 23.6 Å². The van der Waals surface area contributed by atoms with Crippen molar-refractivity contribution < 1.29 is 23.4 Å². The van der Waals surface area contributed by atoms with Crippen LogP contribution < -0.4 is 0 Å². The third kappa shape index (κ3) is 2.05. The molecule has 2 aromatic heterocycles. The Morgan fingerprint density at radius 2 is 2.25 bits per heavy atom. The molecule has 1 atom stereocenters. The maximum absolute atomic E-state index is 12.0. The highest BCUT2D eigenvalue weighted by atomic mass is 16.7. The normalized spacial score (nSPS) is 16.2. The van der Waals surface area contributed by atoms with Crippen LogP contribution in [0.1, 0.15) is 24.3 Å². The molecule has 6 heteroatoms. The van der Waals surface area contributed by atoms with Gasteiger partial charge in [-0.05, 0) is 20.4 Å². The predicted octanol–water partition coefficient (Wildman–Crippen LogP) is 3.06. The van der Waals surface area contributed by atoms with Gasteiger partial charge in [-0.3, -0.25) is 0 Å². The molecule has 3 heterocycles. The van der Waals surface area contributed by atoms with E-state index in [0.717, 1.165) is 5.52 Å². The highest BCUT2D eigenvalue weighted by Crippen LogP contribution is 2.27. The number of carbonyl (C=O) groups excluding carboxylic acids is 1. The van der Waals surface area contributed by atoms with Gasteiger partial charge in [-0.2, -0.15) is 0 Å². The third-order valence-corrected chi connectivity index (χ3v) is 2.95. The van der Waals surface area contributed by atoms with E-state index in [1.165, 1.54) is 0 Å². The van der Waals surface area contributed by atoms with Crippen molar-refractivity contribution in [3.05, 3.63) is 48.1 Å². The number of hydrogen-bond acceptors (Lipinski definition) is 5. The van der Waals surface area contributed by atoms with E-state index in [9.17, 15) is 4.79 Å². The van der Waals surface area contributed by atoms with E-state index in [-0.39, 0.29) is 5.95 Å². The highest BCUT2D eigenvalue weighted by molar-refractivity contribution is 5.93. The zero-order valence-corrected chi connectivity index (χ0v) is 11.1. The molecule has 0 saturated carbocycles. The van der Waals surface area contributed by atoms with Crippen molar-refractivity contribution in [3.8, 4) is 0 Å². The monoisotopic (exact) mass is 275 g/mol. The van der Waals surface area contributed by atoms with Gasteiger partial charge in [-0.1, -0.05) is 0 Å². The molecule has 0 aliphatic carbocycles. The first kappa shape index (κ1) is 12.4. The summed E-state index contributed by atoms with van der Waals surface area (Å²) in [5.74, 6) is 0.664. The van der Waals surface area contributed by atoms with E-state index >= 15 is 0 Å². The topological polar surface area (TPSA) is 73.7 Å². The zero-order valence-electron chi connectivity index (χ0n) is 11.1. The molecular weight excluding hydrogens is 262 g/mol. The van der Waals surface area contributed by atoms with E-state index in [1.54, 1.807) is 32.2 Å². The van der Waals surface area contributed by atoms with Crippen LogP contribution in [-0.2, 0) is 14.2 Å². The maximum atomic E-state index is 12.0. The van der Waals surface area contributed by atoms with Crippen LogP contribution in [0.25, 0.3) is 11.1 Å². The molecule has 104 valence electrons. The second kappa shape index (κ2) is 4.48. The lowest BCUT2D eigenvalue weighted by Gasteiger charge is -2.12. The first-order valence-electron chi connectivity index (χ1n) is 6.07. The number of aromatic nitrogens is 1. The molecular formula is C14H13NO5. The summed E-state index contributed by atoms with van der Waals surface area (Å²) in [7, 11) is 0. The van der Waals surface area contributed by atoms with Crippen LogP contribution in [0.15, 0.2) is 46.9 Å². The number of esters is 1. The smallest absolute Gasteiger partial charge is 0.355 e. The van der Waals surface area contributed by atoms with Crippen molar-refractivity contribution in [3.63, 3.8) is 0 Å². The quantitative estimate of drug-likeness (QED) is 0.871. The molecule has 6 nitrogen and oxygen atoms in total. The molecule has 0 bridgehead atoms. The SMILES string of the molecule is C=C1OC(C)=C(C(C)OC(=O)c2cc3occc3[nH]2)O1. The molecule has 3 rings (SSSR count). The average Bonchev–Trinajstić information content (AvgIpc) is 3.02. The second-order valence-electron chi connectivity index (χ2n) is 4.43. The summed E-state index contributed by atoms with van der Waals surface area (Å²) in [4.78, 5) is 14.9. The lowest BCUT2D eigenvalue weighted by Crippen LogP contribution is -2.18.